The summed E-state index contributed by atoms with van der Waals surface area (Å²) in [6.45, 7) is 2.46. The molecule has 1 unspecified atom stereocenters. The molecule has 6 nitrogen and oxygen atoms in total. The molecule has 0 aromatic heterocycles. The normalized spacial score (nSPS) is 13.2. The molecular formula is C26H26FNO5. The van der Waals surface area contributed by atoms with Gasteiger partial charge in [0.25, 0.3) is 0 Å². The Labute approximate surface area is 192 Å². The van der Waals surface area contributed by atoms with Crippen molar-refractivity contribution < 1.29 is 28.2 Å². The summed E-state index contributed by atoms with van der Waals surface area (Å²) < 4.78 is 31.3. The number of hydroxylamine groups is 2. The number of carbonyl (C=O) groups is 1. The predicted octanol–water partition coefficient (Wildman–Crippen LogP) is 5.47. The van der Waals surface area contributed by atoms with Crippen molar-refractivity contribution in [2.75, 3.05) is 20.2 Å². The molecule has 0 fully saturated rings. The summed E-state index contributed by atoms with van der Waals surface area (Å²) in [4.78, 5) is 16.2. The minimum absolute atomic E-state index is 0.313. The molecule has 0 aliphatic carbocycles. The monoisotopic (exact) mass is 451 g/mol. The van der Waals surface area contributed by atoms with Crippen LogP contribution in [0.2, 0.25) is 0 Å². The van der Waals surface area contributed by atoms with Crippen LogP contribution in [0.4, 0.5) is 4.39 Å². The van der Waals surface area contributed by atoms with Crippen LogP contribution in [0.1, 0.15) is 30.6 Å². The summed E-state index contributed by atoms with van der Waals surface area (Å²) in [6, 6.07) is 19.4. The molecule has 1 aliphatic rings. The zero-order valence-electron chi connectivity index (χ0n) is 18.6. The van der Waals surface area contributed by atoms with Crippen molar-refractivity contribution in [3.8, 4) is 23.0 Å². The summed E-state index contributed by atoms with van der Waals surface area (Å²) in [7, 11) is 1.68. The topological polar surface area (TPSA) is 57.2 Å². The van der Waals surface area contributed by atoms with Crippen LogP contribution >= 0.6 is 0 Å². The minimum atomic E-state index is -0.387. The van der Waals surface area contributed by atoms with Gasteiger partial charge in [0, 0.05) is 38.9 Å². The van der Waals surface area contributed by atoms with Gasteiger partial charge in [-0.2, -0.15) is 0 Å². The largest absolute Gasteiger partial charge is 0.489 e. The molecule has 0 bridgehead atoms. The average Bonchev–Trinajstić information content (AvgIpc) is 3.28. The highest BCUT2D eigenvalue weighted by Crippen LogP contribution is 2.38. The fourth-order valence-electron chi connectivity index (χ4n) is 3.68. The summed E-state index contributed by atoms with van der Waals surface area (Å²) in [5.41, 5.74) is 1.97. The van der Waals surface area contributed by atoms with Gasteiger partial charge in [-0.15, -0.1) is 5.06 Å². The molecule has 1 aliphatic heterocycles. The van der Waals surface area contributed by atoms with E-state index in [4.69, 9.17) is 19.0 Å². The Morgan fingerprint density at radius 1 is 1.06 bits per heavy atom. The van der Waals surface area contributed by atoms with Crippen LogP contribution in [0.3, 0.4) is 0 Å². The Balaban J connectivity index is 1.45. The summed E-state index contributed by atoms with van der Waals surface area (Å²) in [5, 5.41) is 1.46. The minimum Gasteiger partial charge on any atom is -0.489 e. The van der Waals surface area contributed by atoms with Gasteiger partial charge in [0.2, 0.25) is 0 Å². The lowest BCUT2D eigenvalue weighted by Crippen LogP contribution is -2.25. The molecule has 1 atom stereocenters. The standard InChI is InChI=1S/C26H26FNO5/c1-18(29)33-28(2)16-14-24(19-6-8-21(27)9-7-19)31-22-10-12-23(13-11-22)32-25-5-3-4-20-15-17-30-26(20)25/h3-13,24H,14-17H2,1-2H3. The molecule has 0 spiro atoms. The van der Waals surface area contributed by atoms with Gasteiger partial charge in [-0.25, -0.2) is 4.39 Å². The molecule has 3 aromatic carbocycles. The quantitative estimate of drug-likeness (QED) is 0.402. The van der Waals surface area contributed by atoms with Gasteiger partial charge in [-0.1, -0.05) is 24.3 Å². The van der Waals surface area contributed by atoms with Gasteiger partial charge >= 0.3 is 5.97 Å². The Morgan fingerprint density at radius 3 is 2.52 bits per heavy atom. The van der Waals surface area contributed by atoms with Gasteiger partial charge in [0.05, 0.1) is 6.61 Å². The van der Waals surface area contributed by atoms with Crippen LogP contribution in [0, 0.1) is 5.82 Å². The molecule has 0 radical (unpaired) electrons. The van der Waals surface area contributed by atoms with E-state index in [1.54, 1.807) is 19.2 Å². The highest BCUT2D eigenvalue weighted by Gasteiger charge is 2.18. The van der Waals surface area contributed by atoms with E-state index in [0.717, 1.165) is 23.3 Å². The van der Waals surface area contributed by atoms with Crippen LogP contribution in [0.15, 0.2) is 66.7 Å². The van der Waals surface area contributed by atoms with Crippen molar-refractivity contribution in [3.63, 3.8) is 0 Å². The van der Waals surface area contributed by atoms with E-state index in [-0.39, 0.29) is 17.9 Å². The van der Waals surface area contributed by atoms with Crippen LogP contribution < -0.4 is 14.2 Å². The maximum Gasteiger partial charge on any atom is 0.322 e. The second-order valence-corrected chi connectivity index (χ2v) is 7.80. The van der Waals surface area contributed by atoms with E-state index in [1.807, 2.05) is 42.5 Å². The second kappa shape index (κ2) is 10.4. The first kappa shape index (κ1) is 22.6. The molecule has 172 valence electrons. The number of ether oxygens (including phenoxy) is 3. The molecule has 0 saturated carbocycles. The third-order valence-corrected chi connectivity index (χ3v) is 5.24. The molecule has 0 saturated heterocycles. The number of nitrogens with zero attached hydrogens (tertiary/aromatic N) is 1. The van der Waals surface area contributed by atoms with Crippen LogP contribution in [-0.2, 0) is 16.1 Å². The van der Waals surface area contributed by atoms with Crippen molar-refractivity contribution in [1.82, 2.24) is 5.06 Å². The molecular weight excluding hydrogens is 425 g/mol. The van der Waals surface area contributed by atoms with Gasteiger partial charge in [0.1, 0.15) is 23.4 Å². The van der Waals surface area contributed by atoms with Crippen molar-refractivity contribution >= 4 is 5.97 Å². The van der Waals surface area contributed by atoms with Gasteiger partial charge in [-0.05, 0) is 48.0 Å². The van der Waals surface area contributed by atoms with Crippen molar-refractivity contribution in [2.24, 2.45) is 0 Å². The molecule has 33 heavy (non-hydrogen) atoms. The van der Waals surface area contributed by atoms with E-state index in [1.165, 1.54) is 24.1 Å². The maximum absolute atomic E-state index is 13.4. The van der Waals surface area contributed by atoms with E-state index < -0.39 is 0 Å². The van der Waals surface area contributed by atoms with E-state index in [9.17, 15) is 9.18 Å². The molecule has 0 amide bonds. The predicted molar refractivity (Wildman–Crippen MR) is 121 cm³/mol. The second-order valence-electron chi connectivity index (χ2n) is 7.80. The Bertz CT molecular complexity index is 1080. The molecule has 4 rings (SSSR count). The zero-order valence-corrected chi connectivity index (χ0v) is 18.6. The van der Waals surface area contributed by atoms with Gasteiger partial charge < -0.3 is 19.0 Å². The van der Waals surface area contributed by atoms with Crippen molar-refractivity contribution in [1.29, 1.82) is 0 Å². The lowest BCUT2D eigenvalue weighted by molar-refractivity contribution is -0.182. The smallest absolute Gasteiger partial charge is 0.322 e. The molecule has 7 heteroatoms. The fraction of sp³-hybridized carbons (Fsp3) is 0.269. The lowest BCUT2D eigenvalue weighted by atomic mass is 10.1. The first-order valence-corrected chi connectivity index (χ1v) is 10.8. The number of benzene rings is 3. The highest BCUT2D eigenvalue weighted by molar-refractivity contribution is 5.65. The number of hydrogen-bond donors (Lipinski definition) is 0. The Hall–Kier alpha value is -3.58. The van der Waals surface area contributed by atoms with E-state index >= 15 is 0 Å². The number of hydrogen-bond acceptors (Lipinski definition) is 6. The number of carbonyl (C=O) groups excluding carboxylic acids is 1. The first-order valence-electron chi connectivity index (χ1n) is 10.8. The third-order valence-electron chi connectivity index (χ3n) is 5.24. The van der Waals surface area contributed by atoms with Gasteiger partial charge in [0.15, 0.2) is 11.5 Å². The van der Waals surface area contributed by atoms with E-state index in [2.05, 4.69) is 0 Å². The Kier molecular flexibility index (Phi) is 7.10. The molecule has 0 N–H and O–H groups in total. The summed E-state index contributed by atoms with van der Waals surface area (Å²) in [5.74, 6) is 2.09. The highest BCUT2D eigenvalue weighted by atomic mass is 19.1. The Morgan fingerprint density at radius 2 is 1.79 bits per heavy atom. The number of fused-ring (bicyclic) bond motifs is 1. The maximum atomic E-state index is 13.4. The number of halogens is 1. The van der Waals surface area contributed by atoms with E-state index in [0.29, 0.717) is 36.8 Å². The summed E-state index contributed by atoms with van der Waals surface area (Å²) in [6.07, 6.45) is 1.05. The molecule has 3 aromatic rings. The average molecular weight is 451 g/mol. The van der Waals surface area contributed by atoms with Gasteiger partial charge in [-0.3, -0.25) is 4.79 Å². The van der Waals surface area contributed by atoms with Crippen LogP contribution in [-0.4, -0.2) is 31.2 Å². The molecule has 1 heterocycles. The fourth-order valence-corrected chi connectivity index (χ4v) is 3.68. The number of rotatable bonds is 9. The zero-order chi connectivity index (χ0) is 23.2. The van der Waals surface area contributed by atoms with Crippen LogP contribution in [0.25, 0.3) is 0 Å². The summed E-state index contributed by atoms with van der Waals surface area (Å²) >= 11 is 0. The van der Waals surface area contributed by atoms with Crippen LogP contribution in [0.5, 0.6) is 23.0 Å². The number of para-hydroxylation sites is 1. The van der Waals surface area contributed by atoms with Crippen molar-refractivity contribution in [2.45, 2.75) is 25.9 Å². The third kappa shape index (κ3) is 6.02. The first-order chi connectivity index (χ1) is 16.0. The lowest BCUT2D eigenvalue weighted by Gasteiger charge is -2.22. The SMILES string of the molecule is CC(=O)ON(C)CCC(Oc1ccc(Oc2cccc3c2OCC3)cc1)c1ccc(F)cc1. The van der Waals surface area contributed by atoms with Crippen molar-refractivity contribution in [3.05, 3.63) is 83.7 Å².